The predicted octanol–water partition coefficient (Wildman–Crippen LogP) is 3.21. The zero-order chi connectivity index (χ0) is 21.3. The lowest BCUT2D eigenvalue weighted by atomic mass is 10.0. The lowest BCUT2D eigenvalue weighted by Crippen LogP contribution is -2.47. The van der Waals surface area contributed by atoms with Crippen molar-refractivity contribution in [3.05, 3.63) is 53.0 Å². The normalized spacial score (nSPS) is 17.2. The zero-order valence-electron chi connectivity index (χ0n) is 17.1. The number of nitrogens with zero attached hydrogens (tertiary/aromatic N) is 2. The minimum atomic E-state index is -0.271. The van der Waals surface area contributed by atoms with E-state index in [0.29, 0.717) is 48.8 Å². The van der Waals surface area contributed by atoms with Gasteiger partial charge in [-0.15, -0.1) is 0 Å². The third kappa shape index (κ3) is 3.90. The van der Waals surface area contributed by atoms with Gasteiger partial charge in [-0.05, 0) is 50.5 Å². The van der Waals surface area contributed by atoms with Crippen molar-refractivity contribution in [2.45, 2.75) is 32.7 Å². The third-order valence-electron chi connectivity index (χ3n) is 5.82. The van der Waals surface area contributed by atoms with Crippen LogP contribution in [0, 0.1) is 13.8 Å². The van der Waals surface area contributed by atoms with Crippen LogP contribution in [0.1, 0.15) is 44.9 Å². The van der Waals surface area contributed by atoms with Crippen molar-refractivity contribution in [1.29, 1.82) is 0 Å². The number of aryl methyl sites for hydroxylation is 2. The number of likely N-dealkylation sites (tertiary alicyclic amines) is 1. The number of hydrogen-bond donors (Lipinski definition) is 1. The molecular formula is C22H25N3O5. The van der Waals surface area contributed by atoms with Gasteiger partial charge in [0.15, 0.2) is 0 Å². The Morgan fingerprint density at radius 2 is 1.87 bits per heavy atom. The minimum Gasteiger partial charge on any atom is -0.469 e. The smallest absolute Gasteiger partial charge is 0.410 e. The maximum atomic E-state index is 13.0. The molecule has 2 aliphatic heterocycles. The molecule has 3 amide bonds. The molecule has 2 saturated heterocycles. The van der Waals surface area contributed by atoms with Crippen molar-refractivity contribution >= 4 is 23.6 Å². The van der Waals surface area contributed by atoms with Gasteiger partial charge >= 0.3 is 6.09 Å². The van der Waals surface area contributed by atoms with Crippen LogP contribution in [0.2, 0.25) is 0 Å². The number of carbonyl (C=O) groups is 3. The Labute approximate surface area is 174 Å². The van der Waals surface area contributed by atoms with Gasteiger partial charge in [-0.25, -0.2) is 4.79 Å². The summed E-state index contributed by atoms with van der Waals surface area (Å²) in [6.45, 7) is 5.83. The van der Waals surface area contributed by atoms with Crippen molar-refractivity contribution in [2.24, 2.45) is 0 Å². The highest BCUT2D eigenvalue weighted by atomic mass is 16.6. The van der Waals surface area contributed by atoms with Gasteiger partial charge in [0.05, 0.1) is 18.4 Å². The molecule has 0 spiro atoms. The molecule has 8 heteroatoms. The summed E-state index contributed by atoms with van der Waals surface area (Å²) in [7, 11) is 0. The SMILES string of the molecule is Cc1ccc(C(=O)N2CCC(N3CCOC3=O)CC2)cc1NC(=O)c1ccoc1C. The van der Waals surface area contributed by atoms with Gasteiger partial charge in [-0.2, -0.15) is 0 Å². The van der Waals surface area contributed by atoms with Crippen LogP contribution in [-0.4, -0.2) is 60.0 Å². The molecule has 3 heterocycles. The highest BCUT2D eigenvalue weighted by molar-refractivity contribution is 6.06. The van der Waals surface area contributed by atoms with Crippen molar-refractivity contribution < 1.29 is 23.5 Å². The zero-order valence-corrected chi connectivity index (χ0v) is 17.1. The number of furan rings is 1. The molecule has 0 atom stereocenters. The molecule has 1 N–H and O–H groups in total. The van der Waals surface area contributed by atoms with Gasteiger partial charge in [0.25, 0.3) is 11.8 Å². The monoisotopic (exact) mass is 411 g/mol. The average molecular weight is 411 g/mol. The molecule has 2 fully saturated rings. The van der Waals surface area contributed by atoms with Crippen LogP contribution in [0.5, 0.6) is 0 Å². The Hall–Kier alpha value is -3.29. The highest BCUT2D eigenvalue weighted by Crippen LogP contribution is 2.24. The molecule has 1 aromatic heterocycles. The maximum absolute atomic E-state index is 13.0. The first-order chi connectivity index (χ1) is 14.4. The first kappa shape index (κ1) is 20.0. The van der Waals surface area contributed by atoms with Crippen LogP contribution >= 0.6 is 0 Å². The molecule has 0 unspecified atom stereocenters. The summed E-state index contributed by atoms with van der Waals surface area (Å²) >= 11 is 0. The Morgan fingerprint density at radius 3 is 2.50 bits per heavy atom. The second kappa shape index (κ2) is 8.22. The van der Waals surface area contributed by atoms with E-state index in [2.05, 4.69) is 5.32 Å². The number of ether oxygens (including phenoxy) is 1. The van der Waals surface area contributed by atoms with E-state index in [0.717, 1.165) is 18.4 Å². The fourth-order valence-electron chi connectivity index (χ4n) is 4.00. The summed E-state index contributed by atoms with van der Waals surface area (Å²) < 4.78 is 10.2. The van der Waals surface area contributed by atoms with Gasteiger partial charge in [0, 0.05) is 30.4 Å². The summed E-state index contributed by atoms with van der Waals surface area (Å²) in [5.74, 6) is 0.196. The van der Waals surface area contributed by atoms with Crippen molar-refractivity contribution in [3.63, 3.8) is 0 Å². The molecule has 8 nitrogen and oxygen atoms in total. The van der Waals surface area contributed by atoms with Crippen LogP contribution in [0.15, 0.2) is 34.9 Å². The van der Waals surface area contributed by atoms with Crippen LogP contribution in [0.4, 0.5) is 10.5 Å². The van der Waals surface area contributed by atoms with Crippen LogP contribution in [0.25, 0.3) is 0 Å². The molecule has 4 rings (SSSR count). The number of amides is 3. The molecule has 30 heavy (non-hydrogen) atoms. The van der Waals surface area contributed by atoms with Crippen molar-refractivity contribution in [2.75, 3.05) is 31.6 Å². The number of nitrogens with one attached hydrogen (secondary N) is 1. The first-order valence-corrected chi connectivity index (χ1v) is 10.1. The summed E-state index contributed by atoms with van der Waals surface area (Å²) in [4.78, 5) is 40.8. The van der Waals surface area contributed by atoms with E-state index in [9.17, 15) is 14.4 Å². The topological polar surface area (TPSA) is 92.1 Å². The Kier molecular flexibility index (Phi) is 5.48. The third-order valence-corrected chi connectivity index (χ3v) is 5.82. The second-order valence-electron chi connectivity index (χ2n) is 7.71. The molecule has 0 aliphatic carbocycles. The fraction of sp³-hybridized carbons (Fsp3) is 0.409. The van der Waals surface area contributed by atoms with Gasteiger partial charge in [-0.1, -0.05) is 6.07 Å². The molecule has 0 radical (unpaired) electrons. The molecule has 0 saturated carbocycles. The quantitative estimate of drug-likeness (QED) is 0.834. The van der Waals surface area contributed by atoms with Gasteiger partial charge in [0.2, 0.25) is 0 Å². The number of hydrogen-bond acceptors (Lipinski definition) is 5. The Bertz CT molecular complexity index is 975. The summed E-state index contributed by atoms with van der Waals surface area (Å²) in [6.07, 6.45) is 2.68. The number of benzene rings is 1. The van der Waals surface area contributed by atoms with Gasteiger partial charge in [0.1, 0.15) is 12.4 Å². The summed E-state index contributed by atoms with van der Waals surface area (Å²) in [6, 6.07) is 7.07. The van der Waals surface area contributed by atoms with E-state index in [1.807, 2.05) is 13.0 Å². The molecule has 2 aliphatic rings. The first-order valence-electron chi connectivity index (χ1n) is 10.1. The Balaban J connectivity index is 1.42. The van der Waals surface area contributed by atoms with Crippen molar-refractivity contribution in [3.8, 4) is 0 Å². The number of piperidine rings is 1. The van der Waals surface area contributed by atoms with E-state index >= 15 is 0 Å². The Morgan fingerprint density at radius 1 is 1.10 bits per heavy atom. The largest absolute Gasteiger partial charge is 0.469 e. The lowest BCUT2D eigenvalue weighted by molar-refractivity contribution is 0.0658. The predicted molar refractivity (Wildman–Crippen MR) is 110 cm³/mol. The standard InChI is InChI=1S/C22H25N3O5/c1-14-3-4-16(13-19(14)23-20(26)18-7-11-29-15(18)2)21(27)24-8-5-17(6-9-24)25-10-12-30-22(25)28/h3-4,7,11,13,17H,5-6,8-10,12H2,1-2H3,(H,23,26). The van der Waals surface area contributed by atoms with E-state index in [1.165, 1.54) is 6.26 Å². The number of carbonyl (C=O) groups excluding carboxylic acids is 3. The van der Waals surface area contributed by atoms with Crippen LogP contribution in [-0.2, 0) is 4.74 Å². The molecule has 2 aromatic rings. The minimum absolute atomic E-state index is 0.0764. The number of cyclic esters (lactones) is 1. The molecule has 0 bridgehead atoms. The second-order valence-corrected chi connectivity index (χ2v) is 7.71. The molecule has 158 valence electrons. The average Bonchev–Trinajstić information content (AvgIpc) is 3.37. The van der Waals surface area contributed by atoms with E-state index < -0.39 is 0 Å². The molecular weight excluding hydrogens is 386 g/mol. The maximum Gasteiger partial charge on any atom is 0.410 e. The van der Waals surface area contributed by atoms with Crippen LogP contribution in [0.3, 0.4) is 0 Å². The van der Waals surface area contributed by atoms with Gasteiger partial charge in [-0.3, -0.25) is 9.59 Å². The van der Waals surface area contributed by atoms with Crippen molar-refractivity contribution in [1.82, 2.24) is 9.80 Å². The van der Waals surface area contributed by atoms with E-state index in [1.54, 1.807) is 34.9 Å². The number of anilines is 1. The van der Waals surface area contributed by atoms with E-state index in [4.69, 9.17) is 9.15 Å². The van der Waals surface area contributed by atoms with E-state index in [-0.39, 0.29) is 23.9 Å². The fourth-order valence-corrected chi connectivity index (χ4v) is 4.00. The molecule has 1 aromatic carbocycles. The summed E-state index contributed by atoms with van der Waals surface area (Å²) in [5, 5.41) is 2.87. The number of rotatable bonds is 4. The highest BCUT2D eigenvalue weighted by Gasteiger charge is 2.33. The summed E-state index contributed by atoms with van der Waals surface area (Å²) in [5.41, 5.74) is 2.46. The van der Waals surface area contributed by atoms with Gasteiger partial charge < -0.3 is 24.3 Å². The van der Waals surface area contributed by atoms with Crippen LogP contribution < -0.4 is 5.32 Å². The lowest BCUT2D eigenvalue weighted by Gasteiger charge is -2.35.